The standard InChI is InChI=1S/C13H19Cl2N2O3.ClH/c1-17(7-5-14,8-6-15)10-11-3-4-12(20-2)9-13(11)16(18)19;/h3-4,9H,5-8,10H2,1-2H3;1H/q+1;/p-1. The number of quaternary nitrogens is 1. The summed E-state index contributed by atoms with van der Waals surface area (Å²) in [6, 6.07) is 4.91. The number of nitro groups is 1. The quantitative estimate of drug-likeness (QED) is 0.285. The van der Waals surface area contributed by atoms with Gasteiger partial charge in [-0.1, -0.05) is 0 Å². The van der Waals surface area contributed by atoms with Crippen LogP contribution in [0.5, 0.6) is 5.75 Å². The molecular weight excluding hydrogens is 339 g/mol. The number of hydrogen-bond acceptors (Lipinski definition) is 3. The van der Waals surface area contributed by atoms with Crippen LogP contribution in [0.2, 0.25) is 0 Å². The third kappa shape index (κ3) is 5.87. The van der Waals surface area contributed by atoms with Gasteiger partial charge in [-0.3, -0.25) is 10.1 Å². The molecule has 0 amide bonds. The van der Waals surface area contributed by atoms with Gasteiger partial charge in [-0.2, -0.15) is 0 Å². The van der Waals surface area contributed by atoms with Gasteiger partial charge in [-0.25, -0.2) is 0 Å². The highest BCUT2D eigenvalue weighted by Crippen LogP contribution is 2.27. The van der Waals surface area contributed by atoms with E-state index in [1.165, 1.54) is 13.2 Å². The summed E-state index contributed by atoms with van der Waals surface area (Å²) in [5, 5.41) is 11.2. The molecule has 0 fully saturated rings. The Morgan fingerprint density at radius 1 is 1.29 bits per heavy atom. The van der Waals surface area contributed by atoms with Crippen LogP contribution in [0.15, 0.2) is 18.2 Å². The van der Waals surface area contributed by atoms with E-state index in [-0.39, 0.29) is 23.0 Å². The Labute approximate surface area is 140 Å². The molecular formula is C13H19Cl3N2O3. The first-order valence-corrected chi connectivity index (χ1v) is 7.29. The lowest BCUT2D eigenvalue weighted by molar-refractivity contribution is -0.918. The van der Waals surface area contributed by atoms with Crippen LogP contribution >= 0.6 is 23.2 Å². The van der Waals surface area contributed by atoms with Crippen LogP contribution in [-0.4, -0.2) is 48.4 Å². The zero-order valence-corrected chi connectivity index (χ0v) is 14.3. The molecule has 1 aromatic rings. The van der Waals surface area contributed by atoms with Crippen LogP contribution in [0.3, 0.4) is 0 Å². The van der Waals surface area contributed by atoms with Gasteiger partial charge in [0.1, 0.15) is 12.3 Å². The summed E-state index contributed by atoms with van der Waals surface area (Å²) in [6.45, 7) is 1.93. The third-order valence-electron chi connectivity index (χ3n) is 3.29. The summed E-state index contributed by atoms with van der Waals surface area (Å²) in [6.07, 6.45) is 0. The zero-order valence-electron chi connectivity index (χ0n) is 12.0. The molecule has 8 heteroatoms. The molecule has 0 aliphatic carbocycles. The first-order valence-electron chi connectivity index (χ1n) is 6.22. The van der Waals surface area contributed by atoms with Gasteiger partial charge in [0.2, 0.25) is 0 Å². The average Bonchev–Trinajstić information content (AvgIpc) is 2.39. The molecule has 0 saturated heterocycles. The minimum atomic E-state index is -0.385. The van der Waals surface area contributed by atoms with Crippen molar-refractivity contribution in [1.82, 2.24) is 0 Å². The van der Waals surface area contributed by atoms with E-state index in [1.54, 1.807) is 12.1 Å². The Hall–Kier alpha value is -0.750. The molecule has 0 aromatic heterocycles. The summed E-state index contributed by atoms with van der Waals surface area (Å²) in [5.41, 5.74) is 0.728. The Kier molecular flexibility index (Phi) is 8.97. The van der Waals surface area contributed by atoms with E-state index in [0.29, 0.717) is 47.2 Å². The van der Waals surface area contributed by atoms with Crippen molar-refractivity contribution in [2.45, 2.75) is 6.54 Å². The van der Waals surface area contributed by atoms with Gasteiger partial charge in [0.15, 0.2) is 0 Å². The van der Waals surface area contributed by atoms with Gasteiger partial charge in [-0.05, 0) is 12.1 Å². The van der Waals surface area contributed by atoms with E-state index in [0.717, 1.165) is 0 Å². The fourth-order valence-corrected chi connectivity index (χ4v) is 2.88. The van der Waals surface area contributed by atoms with Gasteiger partial charge in [0.25, 0.3) is 5.69 Å². The van der Waals surface area contributed by atoms with Gasteiger partial charge < -0.3 is 21.6 Å². The molecule has 0 N–H and O–H groups in total. The number of halogens is 3. The number of hydrogen-bond donors (Lipinski definition) is 0. The molecule has 0 aliphatic heterocycles. The summed E-state index contributed by atoms with van der Waals surface area (Å²) >= 11 is 11.7. The second-order valence-corrected chi connectivity index (χ2v) is 5.61. The summed E-state index contributed by atoms with van der Waals surface area (Å²) in [5.74, 6) is 1.44. The second kappa shape index (κ2) is 9.30. The van der Waals surface area contributed by atoms with Crippen molar-refractivity contribution < 1.29 is 26.6 Å². The van der Waals surface area contributed by atoms with Crippen LogP contribution in [0.1, 0.15) is 5.56 Å². The highest BCUT2D eigenvalue weighted by atomic mass is 35.5. The fourth-order valence-electron chi connectivity index (χ4n) is 2.06. The normalized spacial score (nSPS) is 10.9. The molecule has 0 bridgehead atoms. The maximum Gasteiger partial charge on any atom is 0.281 e. The monoisotopic (exact) mass is 356 g/mol. The molecule has 21 heavy (non-hydrogen) atoms. The van der Waals surface area contributed by atoms with Crippen LogP contribution in [0, 0.1) is 10.1 Å². The van der Waals surface area contributed by atoms with E-state index >= 15 is 0 Å². The van der Waals surface area contributed by atoms with E-state index in [1.807, 2.05) is 7.05 Å². The van der Waals surface area contributed by atoms with Crippen molar-refractivity contribution in [1.29, 1.82) is 0 Å². The van der Waals surface area contributed by atoms with Crippen LogP contribution in [0.25, 0.3) is 0 Å². The number of alkyl halides is 2. The molecule has 0 radical (unpaired) electrons. The topological polar surface area (TPSA) is 52.4 Å². The Balaban J connectivity index is 0.00000400. The Bertz CT molecular complexity index is 466. The van der Waals surface area contributed by atoms with Gasteiger partial charge in [-0.15, -0.1) is 23.2 Å². The third-order valence-corrected chi connectivity index (χ3v) is 3.63. The number of benzene rings is 1. The van der Waals surface area contributed by atoms with E-state index in [4.69, 9.17) is 27.9 Å². The predicted molar refractivity (Wildman–Crippen MR) is 80.7 cm³/mol. The SMILES string of the molecule is COc1ccc(C[N+](C)(CCCl)CCCl)c([N+](=O)[O-])c1.[Cl-]. The summed E-state index contributed by atoms with van der Waals surface area (Å²) < 4.78 is 5.60. The number of nitro benzene ring substituents is 1. The van der Waals surface area contributed by atoms with Crippen LogP contribution < -0.4 is 17.1 Å². The number of nitrogens with zero attached hydrogens (tertiary/aromatic N) is 2. The van der Waals surface area contributed by atoms with Crippen LogP contribution in [-0.2, 0) is 6.54 Å². The molecule has 0 heterocycles. The maximum absolute atomic E-state index is 11.2. The number of methoxy groups -OCH3 is 1. The molecule has 0 aliphatic rings. The Morgan fingerprint density at radius 3 is 2.29 bits per heavy atom. The molecule has 0 spiro atoms. The molecule has 0 atom stereocenters. The lowest BCUT2D eigenvalue weighted by Gasteiger charge is -2.33. The van der Waals surface area contributed by atoms with Crippen molar-refractivity contribution in [2.75, 3.05) is 39.0 Å². The summed E-state index contributed by atoms with van der Waals surface area (Å²) in [7, 11) is 3.48. The van der Waals surface area contributed by atoms with Gasteiger partial charge >= 0.3 is 0 Å². The lowest BCUT2D eigenvalue weighted by atomic mass is 10.1. The van der Waals surface area contributed by atoms with Crippen molar-refractivity contribution in [3.05, 3.63) is 33.9 Å². The van der Waals surface area contributed by atoms with E-state index < -0.39 is 0 Å². The van der Waals surface area contributed by atoms with Crippen molar-refractivity contribution in [3.8, 4) is 5.75 Å². The molecule has 1 rings (SSSR count). The van der Waals surface area contributed by atoms with Crippen molar-refractivity contribution in [3.63, 3.8) is 0 Å². The molecule has 120 valence electrons. The predicted octanol–water partition coefficient (Wildman–Crippen LogP) is 0.0316. The molecule has 5 nitrogen and oxygen atoms in total. The maximum atomic E-state index is 11.2. The molecule has 1 aromatic carbocycles. The van der Waals surface area contributed by atoms with Crippen molar-refractivity contribution >= 4 is 28.9 Å². The fraction of sp³-hybridized carbons (Fsp3) is 0.538. The minimum Gasteiger partial charge on any atom is -1.00 e. The largest absolute Gasteiger partial charge is 1.00 e. The minimum absolute atomic E-state index is 0. The Morgan fingerprint density at radius 2 is 1.86 bits per heavy atom. The van der Waals surface area contributed by atoms with Gasteiger partial charge in [0, 0.05) is 0 Å². The first kappa shape index (κ1) is 20.2. The van der Waals surface area contributed by atoms with E-state index in [9.17, 15) is 10.1 Å². The molecule has 0 unspecified atom stereocenters. The smallest absolute Gasteiger partial charge is 0.281 e. The number of ether oxygens (including phenoxy) is 1. The lowest BCUT2D eigenvalue weighted by Crippen LogP contribution is -3.00. The number of rotatable bonds is 8. The highest BCUT2D eigenvalue weighted by molar-refractivity contribution is 6.18. The zero-order chi connectivity index (χ0) is 15.2. The molecule has 0 saturated carbocycles. The second-order valence-electron chi connectivity index (χ2n) is 4.85. The van der Waals surface area contributed by atoms with Crippen molar-refractivity contribution in [2.24, 2.45) is 0 Å². The first-order chi connectivity index (χ1) is 9.45. The summed E-state index contributed by atoms with van der Waals surface area (Å²) in [4.78, 5) is 10.8. The highest BCUT2D eigenvalue weighted by Gasteiger charge is 2.26. The van der Waals surface area contributed by atoms with Crippen LogP contribution in [0.4, 0.5) is 5.69 Å². The van der Waals surface area contributed by atoms with E-state index in [2.05, 4.69) is 0 Å². The average molecular weight is 358 g/mol. The van der Waals surface area contributed by atoms with Gasteiger partial charge in [0.05, 0.1) is 55.6 Å².